The highest BCUT2D eigenvalue weighted by Gasteiger charge is 2.23. The third-order valence-corrected chi connectivity index (χ3v) is 6.81. The summed E-state index contributed by atoms with van der Waals surface area (Å²) in [6.07, 6.45) is 4.33. The number of fused-ring (bicyclic) bond motifs is 2. The van der Waals surface area contributed by atoms with E-state index >= 15 is 0 Å². The van der Waals surface area contributed by atoms with Gasteiger partial charge in [-0.15, -0.1) is 0 Å². The molecule has 3 heteroatoms. The Labute approximate surface area is 195 Å². The lowest BCUT2D eigenvalue weighted by Gasteiger charge is -2.18. The summed E-state index contributed by atoms with van der Waals surface area (Å²) in [7, 11) is 0. The second-order valence-electron chi connectivity index (χ2n) is 8.14. The number of rotatable bonds is 4. The molecule has 2 aromatic heterocycles. The van der Waals surface area contributed by atoms with Gasteiger partial charge in [0.05, 0.1) is 0 Å². The summed E-state index contributed by atoms with van der Waals surface area (Å²) in [6.45, 7) is 0. The van der Waals surface area contributed by atoms with Crippen LogP contribution < -0.4 is 0 Å². The van der Waals surface area contributed by atoms with Gasteiger partial charge in [-0.1, -0.05) is 88.7 Å². The smallest absolute Gasteiger partial charge is 0.0457 e. The van der Waals surface area contributed by atoms with E-state index in [9.17, 15) is 0 Å². The molecule has 32 heavy (non-hydrogen) atoms. The summed E-state index contributed by atoms with van der Waals surface area (Å²) in [5, 5.41) is 2.53. The van der Waals surface area contributed by atoms with E-state index in [-0.39, 0.29) is 5.92 Å². The van der Waals surface area contributed by atoms with Crippen LogP contribution in [-0.2, 0) is 0 Å². The third-order valence-electron chi connectivity index (χ3n) is 6.29. The average molecular weight is 477 g/mol. The van der Waals surface area contributed by atoms with E-state index in [0.29, 0.717) is 0 Å². The van der Waals surface area contributed by atoms with Crippen molar-refractivity contribution in [3.63, 3.8) is 0 Å². The van der Waals surface area contributed by atoms with Crippen LogP contribution in [0.4, 0.5) is 0 Å². The first-order valence-electron chi connectivity index (χ1n) is 10.8. The molecule has 0 aliphatic carbocycles. The number of hydrogen-bond donors (Lipinski definition) is 2. The van der Waals surface area contributed by atoms with Gasteiger partial charge in [0.15, 0.2) is 0 Å². The maximum absolute atomic E-state index is 3.53. The predicted molar refractivity (Wildman–Crippen MR) is 137 cm³/mol. The molecular formula is C29H21BrN2. The van der Waals surface area contributed by atoms with Crippen LogP contribution in [0.2, 0.25) is 0 Å². The van der Waals surface area contributed by atoms with Crippen LogP contribution in [0.5, 0.6) is 0 Å². The van der Waals surface area contributed by atoms with Crippen LogP contribution in [0, 0.1) is 0 Å². The van der Waals surface area contributed by atoms with E-state index in [1.165, 1.54) is 49.6 Å². The summed E-state index contributed by atoms with van der Waals surface area (Å²) in [4.78, 5) is 6.95. The van der Waals surface area contributed by atoms with E-state index in [0.717, 1.165) is 4.47 Å². The molecule has 2 heterocycles. The van der Waals surface area contributed by atoms with Crippen LogP contribution in [0.25, 0.3) is 32.9 Å². The van der Waals surface area contributed by atoms with Crippen molar-refractivity contribution in [3.8, 4) is 11.1 Å². The van der Waals surface area contributed by atoms with E-state index in [4.69, 9.17) is 0 Å². The first-order chi connectivity index (χ1) is 15.8. The molecule has 6 rings (SSSR count). The molecule has 2 nitrogen and oxygen atoms in total. The Morgan fingerprint density at radius 3 is 1.53 bits per heavy atom. The number of nitrogens with one attached hydrogen (secondary N) is 2. The SMILES string of the molecule is Brc1ccc(-c2ccc(C(c3c[nH]c4ccccc34)c3c[nH]c4ccccc34)cc2)cc1. The largest absolute Gasteiger partial charge is 0.361 e. The Morgan fingerprint density at radius 1 is 0.531 bits per heavy atom. The topological polar surface area (TPSA) is 31.6 Å². The van der Waals surface area contributed by atoms with Gasteiger partial charge in [0.25, 0.3) is 0 Å². The van der Waals surface area contributed by atoms with E-state index in [1.54, 1.807) is 0 Å². The molecule has 0 atom stereocenters. The van der Waals surface area contributed by atoms with Crippen LogP contribution in [-0.4, -0.2) is 9.97 Å². The fourth-order valence-corrected chi connectivity index (χ4v) is 4.97. The second-order valence-corrected chi connectivity index (χ2v) is 9.06. The number of H-pyrrole nitrogens is 2. The minimum absolute atomic E-state index is 0.126. The quantitative estimate of drug-likeness (QED) is 0.256. The summed E-state index contributed by atoms with van der Waals surface area (Å²) in [6, 6.07) is 34.6. The Balaban J connectivity index is 1.52. The van der Waals surface area contributed by atoms with E-state index in [1.807, 2.05) is 0 Å². The van der Waals surface area contributed by atoms with Crippen molar-refractivity contribution in [2.24, 2.45) is 0 Å². The zero-order valence-corrected chi connectivity index (χ0v) is 18.9. The molecule has 0 saturated carbocycles. The van der Waals surface area contributed by atoms with Gasteiger partial charge in [-0.25, -0.2) is 0 Å². The van der Waals surface area contributed by atoms with Gasteiger partial charge in [-0.05, 0) is 52.1 Å². The number of hydrogen-bond acceptors (Lipinski definition) is 0. The highest BCUT2D eigenvalue weighted by atomic mass is 79.9. The van der Waals surface area contributed by atoms with Gasteiger partial charge >= 0.3 is 0 Å². The Bertz CT molecular complexity index is 1450. The molecule has 0 aliphatic heterocycles. The first-order valence-corrected chi connectivity index (χ1v) is 11.6. The number of para-hydroxylation sites is 2. The zero-order valence-electron chi connectivity index (χ0n) is 17.3. The highest BCUT2D eigenvalue weighted by molar-refractivity contribution is 9.10. The second kappa shape index (κ2) is 7.85. The van der Waals surface area contributed by atoms with Crippen molar-refractivity contribution >= 4 is 37.7 Å². The Kier molecular flexibility index (Phi) is 4.70. The van der Waals surface area contributed by atoms with Crippen molar-refractivity contribution < 1.29 is 0 Å². The monoisotopic (exact) mass is 476 g/mol. The van der Waals surface area contributed by atoms with E-state index < -0.39 is 0 Å². The molecule has 0 spiro atoms. The van der Waals surface area contributed by atoms with Gasteiger partial charge in [0, 0.05) is 44.6 Å². The molecule has 6 aromatic rings. The van der Waals surface area contributed by atoms with Gasteiger partial charge in [-0.2, -0.15) is 0 Å². The minimum atomic E-state index is 0.126. The standard InChI is InChI=1S/C29H21BrN2/c30-22-15-13-20(14-16-22)19-9-11-21(12-10-19)29(25-17-31-27-7-3-1-5-23(25)27)26-18-32-28-8-4-2-6-24(26)28/h1-18,29,31-32H. The van der Waals surface area contributed by atoms with Crippen molar-refractivity contribution in [2.75, 3.05) is 0 Å². The lowest BCUT2D eigenvalue weighted by atomic mass is 9.84. The fourth-order valence-electron chi connectivity index (χ4n) is 4.70. The molecule has 0 amide bonds. The number of aromatic amines is 2. The summed E-state index contributed by atoms with van der Waals surface area (Å²) < 4.78 is 1.09. The normalized spacial score (nSPS) is 11.6. The van der Waals surface area contributed by atoms with Crippen molar-refractivity contribution in [1.29, 1.82) is 0 Å². The summed E-state index contributed by atoms with van der Waals surface area (Å²) in [5.41, 5.74) is 8.63. The molecule has 2 N–H and O–H groups in total. The van der Waals surface area contributed by atoms with Gasteiger partial charge < -0.3 is 9.97 Å². The third kappa shape index (κ3) is 3.26. The number of halogens is 1. The molecule has 0 unspecified atom stereocenters. The Hall–Kier alpha value is -3.56. The van der Waals surface area contributed by atoms with Crippen LogP contribution in [0.15, 0.2) is 114 Å². The molecule has 0 fully saturated rings. The predicted octanol–water partition coefficient (Wildman–Crippen LogP) is 8.26. The molecule has 0 radical (unpaired) electrons. The van der Waals surface area contributed by atoms with Gasteiger partial charge in [0.2, 0.25) is 0 Å². The van der Waals surface area contributed by atoms with Crippen molar-refractivity contribution in [3.05, 3.63) is 131 Å². The number of benzene rings is 4. The van der Waals surface area contributed by atoms with E-state index in [2.05, 4.69) is 135 Å². The highest BCUT2D eigenvalue weighted by Crippen LogP contribution is 2.39. The Morgan fingerprint density at radius 2 is 1.00 bits per heavy atom. The van der Waals surface area contributed by atoms with Crippen LogP contribution in [0.3, 0.4) is 0 Å². The molecular weight excluding hydrogens is 456 g/mol. The minimum Gasteiger partial charge on any atom is -0.361 e. The van der Waals surface area contributed by atoms with Gasteiger partial charge in [0.1, 0.15) is 0 Å². The average Bonchev–Trinajstić information content (AvgIpc) is 3.46. The van der Waals surface area contributed by atoms with Gasteiger partial charge in [-0.3, -0.25) is 0 Å². The van der Waals surface area contributed by atoms with Crippen molar-refractivity contribution in [1.82, 2.24) is 9.97 Å². The molecule has 0 aliphatic rings. The molecule has 0 bridgehead atoms. The zero-order chi connectivity index (χ0) is 21.5. The lowest BCUT2D eigenvalue weighted by Crippen LogP contribution is -2.02. The molecule has 4 aromatic carbocycles. The molecule has 0 saturated heterocycles. The first kappa shape index (κ1) is 19.1. The van der Waals surface area contributed by atoms with Crippen LogP contribution >= 0.6 is 15.9 Å². The lowest BCUT2D eigenvalue weighted by molar-refractivity contribution is 0.998. The maximum atomic E-state index is 3.53. The van der Waals surface area contributed by atoms with Crippen molar-refractivity contribution in [2.45, 2.75) is 5.92 Å². The maximum Gasteiger partial charge on any atom is 0.0457 e. The number of aromatic nitrogens is 2. The fraction of sp³-hybridized carbons (Fsp3) is 0.0345. The summed E-state index contributed by atoms with van der Waals surface area (Å²) >= 11 is 3.53. The van der Waals surface area contributed by atoms with Crippen LogP contribution in [0.1, 0.15) is 22.6 Å². The summed E-state index contributed by atoms with van der Waals surface area (Å²) in [5.74, 6) is 0.126. The molecule has 154 valence electrons.